The molecule has 2 heterocycles. The van der Waals surface area contributed by atoms with E-state index in [2.05, 4.69) is 20.4 Å². The first-order valence-electron chi connectivity index (χ1n) is 6.45. The average molecular weight is 359 g/mol. The molecule has 9 nitrogen and oxygen atoms in total. The number of urea groups is 1. The standard InChI is InChI=1S/C12H15ClN6O3S/c1-6-5-7(2)15-11(14-6)16-12(20)18-23(21,22)10-9(13)8(3)17-19(10)4/h5H,1-4H3,(H2,14,15,16,18,20). The third-order valence-corrected chi connectivity index (χ3v) is 4.78. The zero-order chi connectivity index (χ0) is 17.4. The summed E-state index contributed by atoms with van der Waals surface area (Å²) < 4.78 is 27.5. The highest BCUT2D eigenvalue weighted by Crippen LogP contribution is 2.23. The number of halogens is 1. The van der Waals surface area contributed by atoms with Gasteiger partial charge in [-0.05, 0) is 26.8 Å². The Hall–Kier alpha value is -2.20. The molecular weight excluding hydrogens is 344 g/mol. The van der Waals surface area contributed by atoms with Crippen molar-refractivity contribution in [3.63, 3.8) is 0 Å². The molecule has 23 heavy (non-hydrogen) atoms. The molecule has 2 aromatic rings. The number of carbonyl (C=O) groups is 1. The molecule has 0 saturated carbocycles. The molecule has 0 fully saturated rings. The average Bonchev–Trinajstić information content (AvgIpc) is 2.60. The Morgan fingerprint density at radius 2 is 1.78 bits per heavy atom. The minimum atomic E-state index is -4.19. The number of aromatic nitrogens is 4. The number of hydrogen-bond donors (Lipinski definition) is 2. The molecule has 11 heteroatoms. The lowest BCUT2D eigenvalue weighted by atomic mass is 10.4. The van der Waals surface area contributed by atoms with E-state index in [0.717, 1.165) is 4.68 Å². The molecule has 2 aromatic heterocycles. The smallest absolute Gasteiger partial charge is 0.275 e. The number of sulfonamides is 1. The van der Waals surface area contributed by atoms with Crippen LogP contribution in [0.25, 0.3) is 0 Å². The monoisotopic (exact) mass is 358 g/mol. The molecule has 2 N–H and O–H groups in total. The van der Waals surface area contributed by atoms with Crippen LogP contribution in [0.15, 0.2) is 11.1 Å². The summed E-state index contributed by atoms with van der Waals surface area (Å²) in [6, 6.07) is 0.725. The zero-order valence-corrected chi connectivity index (χ0v) is 14.4. The number of amides is 2. The van der Waals surface area contributed by atoms with E-state index in [-0.39, 0.29) is 16.0 Å². The van der Waals surface area contributed by atoms with Crippen LogP contribution in [0.1, 0.15) is 17.1 Å². The summed E-state index contributed by atoms with van der Waals surface area (Å²) in [7, 11) is -2.77. The lowest BCUT2D eigenvalue weighted by molar-refractivity contribution is 0.256. The Kier molecular flexibility index (Phi) is 4.57. The summed E-state index contributed by atoms with van der Waals surface area (Å²) in [6.07, 6.45) is 0. The SMILES string of the molecule is Cc1cc(C)nc(NC(=O)NS(=O)(=O)c2c(Cl)c(C)nn2C)n1. The van der Waals surface area contributed by atoms with Crippen molar-refractivity contribution in [2.24, 2.45) is 7.05 Å². The van der Waals surface area contributed by atoms with E-state index in [1.54, 1.807) is 26.8 Å². The number of aryl methyl sites for hydroxylation is 4. The molecule has 124 valence electrons. The van der Waals surface area contributed by atoms with Gasteiger partial charge in [0.05, 0.1) is 5.69 Å². The Morgan fingerprint density at radius 1 is 1.22 bits per heavy atom. The molecule has 0 aliphatic rings. The first-order valence-corrected chi connectivity index (χ1v) is 8.31. The fourth-order valence-corrected chi connectivity index (χ4v) is 3.61. The topological polar surface area (TPSA) is 119 Å². The highest BCUT2D eigenvalue weighted by Gasteiger charge is 2.27. The summed E-state index contributed by atoms with van der Waals surface area (Å²) in [6.45, 7) is 5.02. The second-order valence-corrected chi connectivity index (χ2v) is 6.84. The van der Waals surface area contributed by atoms with Crippen LogP contribution in [0, 0.1) is 20.8 Å². The quantitative estimate of drug-likeness (QED) is 0.853. The second-order valence-electron chi connectivity index (χ2n) is 4.86. The van der Waals surface area contributed by atoms with Gasteiger partial charge in [0, 0.05) is 18.4 Å². The van der Waals surface area contributed by atoms with Crippen molar-refractivity contribution in [3.05, 3.63) is 28.2 Å². The number of hydrogen-bond acceptors (Lipinski definition) is 6. The van der Waals surface area contributed by atoms with Crippen LogP contribution >= 0.6 is 11.6 Å². The molecule has 0 atom stereocenters. The Bertz CT molecular complexity index is 857. The van der Waals surface area contributed by atoms with Gasteiger partial charge in [0.2, 0.25) is 5.95 Å². The lowest BCUT2D eigenvalue weighted by Crippen LogP contribution is -2.36. The van der Waals surface area contributed by atoms with Gasteiger partial charge >= 0.3 is 6.03 Å². The van der Waals surface area contributed by atoms with Crippen molar-refractivity contribution in [3.8, 4) is 0 Å². The molecule has 0 spiro atoms. The Labute approximate surface area is 138 Å². The largest absolute Gasteiger partial charge is 0.335 e. The van der Waals surface area contributed by atoms with Crippen LogP contribution in [0.4, 0.5) is 10.7 Å². The summed E-state index contributed by atoms with van der Waals surface area (Å²) >= 11 is 5.92. The third kappa shape index (κ3) is 3.77. The number of rotatable bonds is 3. The van der Waals surface area contributed by atoms with E-state index in [9.17, 15) is 13.2 Å². The fourth-order valence-electron chi connectivity index (χ4n) is 1.98. The molecule has 0 saturated heterocycles. The van der Waals surface area contributed by atoms with Crippen molar-refractivity contribution in [1.29, 1.82) is 0 Å². The zero-order valence-electron chi connectivity index (χ0n) is 12.9. The molecule has 0 radical (unpaired) electrons. The van der Waals surface area contributed by atoms with Crippen molar-refractivity contribution in [2.45, 2.75) is 25.8 Å². The van der Waals surface area contributed by atoms with Crippen LogP contribution < -0.4 is 10.0 Å². The molecule has 0 unspecified atom stereocenters. The number of nitrogens with zero attached hydrogens (tertiary/aromatic N) is 4. The number of nitrogens with one attached hydrogen (secondary N) is 2. The van der Waals surface area contributed by atoms with Gasteiger partial charge in [-0.2, -0.15) is 13.5 Å². The summed E-state index contributed by atoms with van der Waals surface area (Å²) in [4.78, 5) is 19.9. The maximum Gasteiger partial charge on any atom is 0.335 e. The lowest BCUT2D eigenvalue weighted by Gasteiger charge is -2.09. The van der Waals surface area contributed by atoms with E-state index in [1.807, 2.05) is 4.72 Å². The summed E-state index contributed by atoms with van der Waals surface area (Å²) in [5.74, 6) is 0.00230. The normalized spacial score (nSPS) is 11.3. The van der Waals surface area contributed by atoms with Gasteiger partial charge in [-0.3, -0.25) is 10.00 Å². The molecule has 0 aliphatic heterocycles. The first-order chi connectivity index (χ1) is 10.6. The van der Waals surface area contributed by atoms with Gasteiger partial charge in [0.25, 0.3) is 10.0 Å². The van der Waals surface area contributed by atoms with Crippen LogP contribution in [0.3, 0.4) is 0 Å². The van der Waals surface area contributed by atoms with E-state index in [0.29, 0.717) is 17.1 Å². The highest BCUT2D eigenvalue weighted by atomic mass is 35.5. The number of carbonyl (C=O) groups excluding carboxylic acids is 1. The molecule has 0 aliphatic carbocycles. The van der Waals surface area contributed by atoms with E-state index in [4.69, 9.17) is 11.6 Å². The maximum atomic E-state index is 12.3. The van der Waals surface area contributed by atoms with Gasteiger partial charge in [-0.25, -0.2) is 19.5 Å². The van der Waals surface area contributed by atoms with E-state index < -0.39 is 16.1 Å². The maximum absolute atomic E-state index is 12.3. The first kappa shape index (κ1) is 17.2. The second kappa shape index (κ2) is 6.13. The van der Waals surface area contributed by atoms with E-state index in [1.165, 1.54) is 7.05 Å². The van der Waals surface area contributed by atoms with Gasteiger partial charge in [0.15, 0.2) is 5.03 Å². The molecule has 0 aromatic carbocycles. The molecule has 2 amide bonds. The van der Waals surface area contributed by atoms with Crippen molar-refractivity contribution in [2.75, 3.05) is 5.32 Å². The fraction of sp³-hybridized carbons (Fsp3) is 0.333. The number of anilines is 1. The van der Waals surface area contributed by atoms with Gasteiger partial charge in [0.1, 0.15) is 5.02 Å². The molecule has 0 bridgehead atoms. The van der Waals surface area contributed by atoms with Crippen LogP contribution in [-0.2, 0) is 17.1 Å². The van der Waals surface area contributed by atoms with Crippen LogP contribution in [0.2, 0.25) is 5.02 Å². The minimum Gasteiger partial charge on any atom is -0.275 e. The van der Waals surface area contributed by atoms with Crippen LogP contribution in [-0.4, -0.2) is 34.2 Å². The predicted octanol–water partition coefficient (Wildman–Crippen LogP) is 1.30. The van der Waals surface area contributed by atoms with Crippen molar-refractivity contribution < 1.29 is 13.2 Å². The minimum absolute atomic E-state index is 0.00230. The van der Waals surface area contributed by atoms with Crippen LogP contribution in [0.5, 0.6) is 0 Å². The summed E-state index contributed by atoms with van der Waals surface area (Å²) in [5.41, 5.74) is 1.62. The highest BCUT2D eigenvalue weighted by molar-refractivity contribution is 7.90. The van der Waals surface area contributed by atoms with Crippen molar-refractivity contribution in [1.82, 2.24) is 24.5 Å². The van der Waals surface area contributed by atoms with Gasteiger partial charge in [-0.1, -0.05) is 11.6 Å². The molecule has 2 rings (SSSR count). The summed E-state index contributed by atoms with van der Waals surface area (Å²) in [5, 5.41) is 5.83. The van der Waals surface area contributed by atoms with Gasteiger partial charge in [-0.15, -0.1) is 0 Å². The van der Waals surface area contributed by atoms with Gasteiger partial charge < -0.3 is 0 Å². The predicted molar refractivity (Wildman–Crippen MR) is 83.8 cm³/mol. The third-order valence-electron chi connectivity index (χ3n) is 2.79. The Balaban J connectivity index is 2.22. The Morgan fingerprint density at radius 3 is 2.26 bits per heavy atom. The van der Waals surface area contributed by atoms with Crippen molar-refractivity contribution >= 4 is 33.6 Å². The van der Waals surface area contributed by atoms with E-state index >= 15 is 0 Å². The molecular formula is C12H15ClN6O3S.